The van der Waals surface area contributed by atoms with Crippen molar-refractivity contribution in [1.82, 2.24) is 9.88 Å². The summed E-state index contributed by atoms with van der Waals surface area (Å²) in [5.74, 6) is 0.422. The second kappa shape index (κ2) is 8.08. The molecule has 4 nitrogen and oxygen atoms in total. The average Bonchev–Trinajstić information content (AvgIpc) is 2.99. The topological polar surface area (TPSA) is 53.4 Å². The van der Waals surface area contributed by atoms with E-state index in [2.05, 4.69) is 11.1 Å². The third-order valence-electron chi connectivity index (χ3n) is 4.92. The van der Waals surface area contributed by atoms with E-state index in [1.54, 1.807) is 16.2 Å². The summed E-state index contributed by atoms with van der Waals surface area (Å²) in [5, 5.41) is 11.2. The summed E-state index contributed by atoms with van der Waals surface area (Å²) < 4.78 is 1.21. The standard InChI is InChI=1S/C19H26N2O2S/c1-21(13-14-7-2-4-9-16(14)22)19(23)12-6-11-18-20-15-8-3-5-10-17(15)24-18/h3,5,8,10,14,16,22H,2,4,6-7,9,11-13H2,1H3. The number of aliphatic hydroxyl groups excluding tert-OH is 1. The minimum absolute atomic E-state index is 0.175. The van der Waals surface area contributed by atoms with Gasteiger partial charge in [-0.1, -0.05) is 25.0 Å². The molecule has 0 spiro atoms. The van der Waals surface area contributed by atoms with E-state index in [0.717, 1.165) is 42.6 Å². The van der Waals surface area contributed by atoms with Gasteiger partial charge in [0.2, 0.25) is 5.91 Å². The number of para-hydroxylation sites is 1. The molecule has 3 rings (SSSR count). The molecule has 5 heteroatoms. The van der Waals surface area contributed by atoms with Gasteiger partial charge in [-0.05, 0) is 37.8 Å². The molecule has 1 N–H and O–H groups in total. The summed E-state index contributed by atoms with van der Waals surface area (Å²) in [6.07, 6.45) is 6.18. The lowest BCUT2D eigenvalue weighted by atomic mass is 9.86. The van der Waals surface area contributed by atoms with Crippen LogP contribution >= 0.6 is 11.3 Å². The van der Waals surface area contributed by atoms with Crippen molar-refractivity contribution in [3.8, 4) is 0 Å². The monoisotopic (exact) mass is 346 g/mol. The maximum atomic E-state index is 12.3. The van der Waals surface area contributed by atoms with Gasteiger partial charge in [-0.2, -0.15) is 0 Å². The molecule has 1 saturated carbocycles. The van der Waals surface area contributed by atoms with Crippen LogP contribution in [0.5, 0.6) is 0 Å². The van der Waals surface area contributed by atoms with Crippen molar-refractivity contribution >= 4 is 27.5 Å². The summed E-state index contributed by atoms with van der Waals surface area (Å²) in [5.41, 5.74) is 1.05. The molecule has 1 aromatic heterocycles. The van der Waals surface area contributed by atoms with Gasteiger partial charge >= 0.3 is 0 Å². The number of amides is 1. The number of fused-ring (bicyclic) bond motifs is 1. The molecule has 2 aromatic rings. The first-order valence-electron chi connectivity index (χ1n) is 8.90. The number of aryl methyl sites for hydroxylation is 1. The lowest BCUT2D eigenvalue weighted by Gasteiger charge is -2.31. The van der Waals surface area contributed by atoms with E-state index in [-0.39, 0.29) is 17.9 Å². The van der Waals surface area contributed by atoms with Gasteiger partial charge in [0, 0.05) is 25.9 Å². The number of aliphatic hydroxyl groups is 1. The number of hydrogen-bond donors (Lipinski definition) is 1. The fourth-order valence-corrected chi connectivity index (χ4v) is 4.47. The Hall–Kier alpha value is -1.46. The lowest BCUT2D eigenvalue weighted by molar-refractivity contribution is -0.131. The van der Waals surface area contributed by atoms with Crippen LogP contribution in [0.1, 0.15) is 43.5 Å². The predicted molar refractivity (Wildman–Crippen MR) is 98.2 cm³/mol. The molecule has 1 aliphatic carbocycles. The van der Waals surface area contributed by atoms with E-state index in [9.17, 15) is 9.90 Å². The van der Waals surface area contributed by atoms with E-state index in [4.69, 9.17) is 0 Å². The third-order valence-corrected chi connectivity index (χ3v) is 6.02. The molecule has 2 atom stereocenters. The van der Waals surface area contributed by atoms with Crippen molar-refractivity contribution in [1.29, 1.82) is 0 Å². The maximum Gasteiger partial charge on any atom is 0.222 e. The molecule has 0 radical (unpaired) electrons. The second-order valence-corrected chi connectivity index (χ2v) is 7.93. The van der Waals surface area contributed by atoms with Crippen molar-refractivity contribution < 1.29 is 9.90 Å². The smallest absolute Gasteiger partial charge is 0.222 e. The molecule has 1 aromatic carbocycles. The van der Waals surface area contributed by atoms with Crippen molar-refractivity contribution in [2.45, 2.75) is 51.0 Å². The normalized spacial score (nSPS) is 21.1. The highest BCUT2D eigenvalue weighted by molar-refractivity contribution is 7.18. The molecule has 2 unspecified atom stereocenters. The number of hydrogen-bond acceptors (Lipinski definition) is 4. The van der Waals surface area contributed by atoms with Gasteiger partial charge in [0.05, 0.1) is 21.3 Å². The Balaban J connectivity index is 1.44. The zero-order valence-electron chi connectivity index (χ0n) is 14.3. The van der Waals surface area contributed by atoms with Crippen LogP contribution in [0.2, 0.25) is 0 Å². The first-order chi connectivity index (χ1) is 11.6. The van der Waals surface area contributed by atoms with E-state index in [0.29, 0.717) is 13.0 Å². The summed E-state index contributed by atoms with van der Waals surface area (Å²) >= 11 is 1.72. The van der Waals surface area contributed by atoms with Gasteiger partial charge in [-0.15, -0.1) is 11.3 Å². The summed E-state index contributed by atoms with van der Waals surface area (Å²) in [7, 11) is 1.86. The lowest BCUT2D eigenvalue weighted by Crippen LogP contribution is -2.38. The van der Waals surface area contributed by atoms with Crippen LogP contribution in [0.3, 0.4) is 0 Å². The predicted octanol–water partition coefficient (Wildman–Crippen LogP) is 3.63. The minimum atomic E-state index is -0.239. The van der Waals surface area contributed by atoms with Crippen LogP contribution in [0.15, 0.2) is 24.3 Å². The van der Waals surface area contributed by atoms with Gasteiger partial charge in [-0.3, -0.25) is 4.79 Å². The summed E-state index contributed by atoms with van der Waals surface area (Å²) in [6.45, 7) is 0.682. The summed E-state index contributed by atoms with van der Waals surface area (Å²) in [6, 6.07) is 8.15. The molecular weight excluding hydrogens is 320 g/mol. The quantitative estimate of drug-likeness (QED) is 0.869. The molecule has 1 amide bonds. The number of aromatic nitrogens is 1. The number of carbonyl (C=O) groups is 1. The molecule has 0 saturated heterocycles. The molecule has 1 fully saturated rings. The van der Waals surface area contributed by atoms with Gasteiger partial charge in [0.1, 0.15) is 0 Å². The van der Waals surface area contributed by atoms with Gasteiger partial charge in [0.25, 0.3) is 0 Å². The molecule has 1 heterocycles. The zero-order chi connectivity index (χ0) is 16.9. The van der Waals surface area contributed by atoms with E-state index < -0.39 is 0 Å². The SMILES string of the molecule is CN(CC1CCCCC1O)C(=O)CCCc1nc2ccccc2s1. The molecule has 0 aliphatic heterocycles. The average molecular weight is 346 g/mol. The molecular formula is C19H26N2O2S. The number of thiazole rings is 1. The zero-order valence-corrected chi connectivity index (χ0v) is 15.1. The van der Waals surface area contributed by atoms with Gasteiger partial charge in [-0.25, -0.2) is 4.98 Å². The van der Waals surface area contributed by atoms with E-state index in [1.165, 1.54) is 11.1 Å². The van der Waals surface area contributed by atoms with Crippen molar-refractivity contribution in [3.05, 3.63) is 29.3 Å². The Morgan fingerprint density at radius 1 is 1.33 bits per heavy atom. The largest absolute Gasteiger partial charge is 0.393 e. The van der Waals surface area contributed by atoms with Crippen LogP contribution < -0.4 is 0 Å². The first kappa shape index (κ1) is 17.4. The number of rotatable bonds is 6. The Labute approximate surface area is 147 Å². The Morgan fingerprint density at radius 3 is 2.92 bits per heavy atom. The van der Waals surface area contributed by atoms with E-state index >= 15 is 0 Å². The third kappa shape index (κ3) is 4.33. The van der Waals surface area contributed by atoms with Crippen molar-refractivity contribution in [3.63, 3.8) is 0 Å². The van der Waals surface area contributed by atoms with Crippen LogP contribution in [-0.4, -0.2) is 40.6 Å². The van der Waals surface area contributed by atoms with Crippen LogP contribution in [0.25, 0.3) is 10.2 Å². The summed E-state index contributed by atoms with van der Waals surface area (Å²) in [4.78, 5) is 18.7. The Kier molecular flexibility index (Phi) is 5.85. The molecule has 24 heavy (non-hydrogen) atoms. The first-order valence-corrected chi connectivity index (χ1v) is 9.71. The van der Waals surface area contributed by atoms with Gasteiger partial charge < -0.3 is 10.0 Å². The highest BCUT2D eigenvalue weighted by atomic mass is 32.1. The fraction of sp³-hybridized carbons (Fsp3) is 0.579. The molecule has 1 aliphatic rings. The highest BCUT2D eigenvalue weighted by Gasteiger charge is 2.25. The Bertz CT molecular complexity index is 652. The minimum Gasteiger partial charge on any atom is -0.393 e. The number of nitrogens with zero attached hydrogens (tertiary/aromatic N) is 2. The number of carbonyl (C=O) groups excluding carboxylic acids is 1. The highest BCUT2D eigenvalue weighted by Crippen LogP contribution is 2.25. The van der Waals surface area contributed by atoms with Gasteiger partial charge in [0.15, 0.2) is 0 Å². The van der Waals surface area contributed by atoms with Crippen molar-refractivity contribution in [2.75, 3.05) is 13.6 Å². The van der Waals surface area contributed by atoms with Crippen LogP contribution in [-0.2, 0) is 11.2 Å². The van der Waals surface area contributed by atoms with Crippen LogP contribution in [0, 0.1) is 5.92 Å². The van der Waals surface area contributed by atoms with Crippen molar-refractivity contribution in [2.24, 2.45) is 5.92 Å². The van der Waals surface area contributed by atoms with Crippen LogP contribution in [0.4, 0.5) is 0 Å². The molecule has 130 valence electrons. The number of benzene rings is 1. The maximum absolute atomic E-state index is 12.3. The second-order valence-electron chi connectivity index (χ2n) is 6.82. The molecule has 0 bridgehead atoms. The van der Waals surface area contributed by atoms with E-state index in [1.807, 2.05) is 25.2 Å². The fourth-order valence-electron chi connectivity index (χ4n) is 3.46. The Morgan fingerprint density at radius 2 is 2.12 bits per heavy atom.